The molecule has 0 unspecified atom stereocenters. The molecule has 0 spiro atoms. The van der Waals surface area contributed by atoms with E-state index in [9.17, 15) is 4.79 Å². The Labute approximate surface area is 123 Å². The van der Waals surface area contributed by atoms with E-state index in [-0.39, 0.29) is 5.91 Å². The van der Waals surface area contributed by atoms with E-state index in [1.165, 1.54) is 0 Å². The number of likely N-dealkylation sites (N-methyl/N-ethyl adjacent to an activating group) is 1. The quantitative estimate of drug-likeness (QED) is 0.859. The van der Waals surface area contributed by atoms with Gasteiger partial charge in [0.25, 0.3) is 0 Å². The molecular weight excluding hydrogens is 270 g/mol. The van der Waals surface area contributed by atoms with Crippen LogP contribution in [-0.4, -0.2) is 17.4 Å². The van der Waals surface area contributed by atoms with E-state index in [0.29, 0.717) is 13.0 Å². The van der Waals surface area contributed by atoms with Gasteiger partial charge < -0.3 is 10.6 Å². The van der Waals surface area contributed by atoms with E-state index < -0.39 is 0 Å². The number of hydrogen-bond acceptors (Lipinski definition) is 4. The Bertz CT molecular complexity index is 563. The predicted molar refractivity (Wildman–Crippen MR) is 83.0 cm³/mol. The van der Waals surface area contributed by atoms with Crippen LogP contribution in [0.15, 0.2) is 29.6 Å². The van der Waals surface area contributed by atoms with E-state index >= 15 is 0 Å². The molecule has 0 radical (unpaired) electrons. The molecule has 1 amide bonds. The van der Waals surface area contributed by atoms with Crippen molar-refractivity contribution in [2.75, 3.05) is 11.9 Å². The second-order valence-electron chi connectivity index (χ2n) is 4.56. The van der Waals surface area contributed by atoms with Crippen LogP contribution >= 0.6 is 11.3 Å². The van der Waals surface area contributed by atoms with Crippen LogP contribution in [0.4, 0.5) is 5.69 Å². The molecule has 5 heteroatoms. The normalized spacial score (nSPS) is 10.3. The standard InChI is InChI=1S/C15H19N3OS/c1-3-16-14(19)8-12-4-6-13(7-5-12)17-9-15-18-11(2)10-20-15/h4-7,10,17H,3,8-9H2,1-2H3,(H,16,19). The van der Waals surface area contributed by atoms with Crippen LogP contribution in [0, 0.1) is 6.92 Å². The highest BCUT2D eigenvalue weighted by Crippen LogP contribution is 2.14. The maximum Gasteiger partial charge on any atom is 0.224 e. The van der Waals surface area contributed by atoms with Gasteiger partial charge in [-0.1, -0.05) is 12.1 Å². The molecule has 106 valence electrons. The van der Waals surface area contributed by atoms with Crippen LogP contribution in [0.1, 0.15) is 23.2 Å². The molecule has 2 aromatic rings. The largest absolute Gasteiger partial charge is 0.379 e. The molecule has 1 aromatic heterocycles. The molecule has 1 heterocycles. The molecule has 0 aliphatic rings. The first kappa shape index (κ1) is 14.5. The van der Waals surface area contributed by atoms with Gasteiger partial charge in [0, 0.05) is 23.3 Å². The number of carbonyl (C=O) groups excluding carboxylic acids is 1. The average molecular weight is 289 g/mol. The summed E-state index contributed by atoms with van der Waals surface area (Å²) in [4.78, 5) is 15.9. The minimum Gasteiger partial charge on any atom is -0.379 e. The number of aromatic nitrogens is 1. The molecule has 0 bridgehead atoms. The van der Waals surface area contributed by atoms with E-state index in [2.05, 4.69) is 15.6 Å². The topological polar surface area (TPSA) is 54.0 Å². The molecular formula is C15H19N3OS. The second-order valence-corrected chi connectivity index (χ2v) is 5.51. The second kappa shape index (κ2) is 7.05. The van der Waals surface area contributed by atoms with Crippen LogP contribution in [0.5, 0.6) is 0 Å². The molecule has 20 heavy (non-hydrogen) atoms. The van der Waals surface area contributed by atoms with Crippen LogP contribution in [0.2, 0.25) is 0 Å². The van der Waals surface area contributed by atoms with Crippen LogP contribution in [0.3, 0.4) is 0 Å². The fourth-order valence-electron chi connectivity index (χ4n) is 1.85. The zero-order valence-corrected chi connectivity index (χ0v) is 12.6. The summed E-state index contributed by atoms with van der Waals surface area (Å²) in [7, 11) is 0. The van der Waals surface area contributed by atoms with Crippen molar-refractivity contribution in [2.24, 2.45) is 0 Å². The number of thiazole rings is 1. The Morgan fingerprint density at radius 1 is 1.30 bits per heavy atom. The smallest absolute Gasteiger partial charge is 0.224 e. The zero-order valence-electron chi connectivity index (χ0n) is 11.8. The Balaban J connectivity index is 1.86. The van der Waals surface area contributed by atoms with Gasteiger partial charge in [-0.15, -0.1) is 11.3 Å². The fraction of sp³-hybridized carbons (Fsp3) is 0.333. The Kier molecular flexibility index (Phi) is 5.12. The first-order valence-corrected chi connectivity index (χ1v) is 7.56. The molecule has 4 nitrogen and oxygen atoms in total. The summed E-state index contributed by atoms with van der Waals surface area (Å²) >= 11 is 1.66. The molecule has 0 aliphatic heterocycles. The summed E-state index contributed by atoms with van der Waals surface area (Å²) in [5, 5.41) is 9.25. The van der Waals surface area contributed by atoms with Gasteiger partial charge in [-0.25, -0.2) is 4.98 Å². The van der Waals surface area contributed by atoms with Crippen molar-refractivity contribution >= 4 is 22.9 Å². The van der Waals surface area contributed by atoms with Gasteiger partial charge in [0.1, 0.15) is 5.01 Å². The van der Waals surface area contributed by atoms with Crippen molar-refractivity contribution in [3.8, 4) is 0 Å². The van der Waals surface area contributed by atoms with Crippen molar-refractivity contribution in [1.29, 1.82) is 0 Å². The van der Waals surface area contributed by atoms with Gasteiger partial charge in [-0.2, -0.15) is 0 Å². The maximum atomic E-state index is 11.5. The van der Waals surface area contributed by atoms with Gasteiger partial charge >= 0.3 is 0 Å². The third-order valence-electron chi connectivity index (χ3n) is 2.80. The summed E-state index contributed by atoms with van der Waals surface area (Å²) in [5.74, 6) is 0.0615. The Morgan fingerprint density at radius 3 is 2.65 bits per heavy atom. The lowest BCUT2D eigenvalue weighted by atomic mass is 10.1. The Hall–Kier alpha value is -1.88. The zero-order chi connectivity index (χ0) is 14.4. The van der Waals surface area contributed by atoms with Gasteiger partial charge in [0.05, 0.1) is 13.0 Å². The molecule has 0 atom stereocenters. The summed E-state index contributed by atoms with van der Waals surface area (Å²) in [5.41, 5.74) is 3.12. The van der Waals surface area contributed by atoms with E-state index in [1.54, 1.807) is 11.3 Å². The van der Waals surface area contributed by atoms with Crippen LogP contribution in [-0.2, 0) is 17.8 Å². The molecule has 2 N–H and O–H groups in total. The maximum absolute atomic E-state index is 11.5. The van der Waals surface area contributed by atoms with Crippen molar-refractivity contribution < 1.29 is 4.79 Å². The van der Waals surface area contributed by atoms with Crippen molar-refractivity contribution in [2.45, 2.75) is 26.8 Å². The van der Waals surface area contributed by atoms with Gasteiger partial charge in [0.15, 0.2) is 0 Å². The number of nitrogens with zero attached hydrogens (tertiary/aromatic N) is 1. The molecule has 2 rings (SSSR count). The minimum absolute atomic E-state index is 0.0615. The van der Waals surface area contributed by atoms with E-state index in [4.69, 9.17) is 0 Å². The van der Waals surface area contributed by atoms with Gasteiger partial charge in [-0.3, -0.25) is 4.79 Å². The van der Waals surface area contributed by atoms with Crippen LogP contribution in [0.25, 0.3) is 0 Å². The van der Waals surface area contributed by atoms with E-state index in [1.807, 2.05) is 43.5 Å². The molecule has 0 fully saturated rings. The van der Waals surface area contributed by atoms with Crippen molar-refractivity contribution in [3.05, 3.63) is 45.9 Å². The SMILES string of the molecule is CCNC(=O)Cc1ccc(NCc2nc(C)cs2)cc1. The highest BCUT2D eigenvalue weighted by molar-refractivity contribution is 7.09. The highest BCUT2D eigenvalue weighted by atomic mass is 32.1. The number of benzene rings is 1. The predicted octanol–water partition coefficient (Wildman–Crippen LogP) is 2.74. The first-order chi connectivity index (χ1) is 9.67. The first-order valence-electron chi connectivity index (χ1n) is 6.68. The lowest BCUT2D eigenvalue weighted by Gasteiger charge is -2.06. The molecule has 0 saturated heterocycles. The van der Waals surface area contributed by atoms with Crippen LogP contribution < -0.4 is 10.6 Å². The molecule has 1 aromatic carbocycles. The van der Waals surface area contributed by atoms with E-state index in [0.717, 1.165) is 28.5 Å². The van der Waals surface area contributed by atoms with Gasteiger partial charge in [0.2, 0.25) is 5.91 Å². The van der Waals surface area contributed by atoms with Crippen molar-refractivity contribution in [1.82, 2.24) is 10.3 Å². The van der Waals surface area contributed by atoms with Gasteiger partial charge in [-0.05, 0) is 31.5 Å². The number of nitrogens with one attached hydrogen (secondary N) is 2. The Morgan fingerprint density at radius 2 is 2.05 bits per heavy atom. The third kappa shape index (κ3) is 4.35. The number of rotatable bonds is 6. The summed E-state index contributed by atoms with van der Waals surface area (Å²) in [6, 6.07) is 7.94. The summed E-state index contributed by atoms with van der Waals surface area (Å²) in [6.07, 6.45) is 0.430. The molecule has 0 saturated carbocycles. The monoisotopic (exact) mass is 289 g/mol. The third-order valence-corrected chi connectivity index (χ3v) is 3.77. The average Bonchev–Trinajstić information content (AvgIpc) is 2.84. The number of anilines is 1. The number of hydrogen-bond donors (Lipinski definition) is 2. The summed E-state index contributed by atoms with van der Waals surface area (Å²) in [6.45, 7) is 5.32. The minimum atomic E-state index is 0.0615. The van der Waals surface area contributed by atoms with Crippen molar-refractivity contribution in [3.63, 3.8) is 0 Å². The number of aryl methyl sites for hydroxylation is 1. The number of amides is 1. The lowest BCUT2D eigenvalue weighted by Crippen LogP contribution is -2.24. The number of carbonyl (C=O) groups is 1. The molecule has 0 aliphatic carbocycles. The lowest BCUT2D eigenvalue weighted by molar-refractivity contribution is -0.120. The summed E-state index contributed by atoms with van der Waals surface area (Å²) < 4.78 is 0. The fourth-order valence-corrected chi connectivity index (χ4v) is 2.56. The highest BCUT2D eigenvalue weighted by Gasteiger charge is 2.02.